The Morgan fingerprint density at radius 2 is 1.30 bits per heavy atom. The number of benzene rings is 3. The van der Waals surface area contributed by atoms with Crippen molar-refractivity contribution < 1.29 is 9.30 Å². The van der Waals surface area contributed by atoms with Gasteiger partial charge in [0.25, 0.3) is 0 Å². The fourth-order valence-electron chi connectivity index (χ4n) is 4.09. The van der Waals surface area contributed by atoms with Gasteiger partial charge in [-0.2, -0.15) is 0 Å². The largest absolute Gasteiger partial charge is 0.492 e. The van der Waals surface area contributed by atoms with Crippen molar-refractivity contribution in [2.45, 2.75) is 25.4 Å². The van der Waals surface area contributed by atoms with Gasteiger partial charge in [0, 0.05) is 23.3 Å². The molecule has 0 N–H and O–H groups in total. The normalized spacial score (nSPS) is 15.1. The van der Waals surface area contributed by atoms with E-state index < -0.39 is 7.14 Å². The molecule has 1 heterocycles. The molecule has 156 valence electrons. The summed E-state index contributed by atoms with van der Waals surface area (Å²) in [5.74, 6) is 0.880. The molecule has 4 heteroatoms. The van der Waals surface area contributed by atoms with E-state index in [0.717, 1.165) is 28.5 Å². The van der Waals surface area contributed by atoms with Gasteiger partial charge in [-0.15, -0.1) is 0 Å². The van der Waals surface area contributed by atoms with Gasteiger partial charge in [-0.1, -0.05) is 79.2 Å². The van der Waals surface area contributed by atoms with Crippen molar-refractivity contribution >= 4 is 17.8 Å². The molecule has 0 aromatic heterocycles. The molecule has 0 bridgehead atoms. The lowest BCUT2D eigenvalue weighted by Gasteiger charge is -2.26. The summed E-state index contributed by atoms with van der Waals surface area (Å²) in [6, 6.07) is 27.8. The van der Waals surface area contributed by atoms with Crippen LogP contribution in [0.25, 0.3) is 0 Å². The maximum Gasteiger partial charge on any atom is 0.147 e. The van der Waals surface area contributed by atoms with Crippen molar-refractivity contribution in [1.82, 2.24) is 4.90 Å². The fraction of sp³-hybridized carbons (Fsp3) is 0.308. The van der Waals surface area contributed by atoms with Gasteiger partial charge in [0.1, 0.15) is 19.5 Å². The smallest absolute Gasteiger partial charge is 0.147 e. The van der Waals surface area contributed by atoms with Crippen LogP contribution in [0.3, 0.4) is 0 Å². The summed E-state index contributed by atoms with van der Waals surface area (Å²) >= 11 is 0. The molecule has 1 saturated heterocycles. The fourth-order valence-corrected chi connectivity index (χ4v) is 6.79. The summed E-state index contributed by atoms with van der Waals surface area (Å²) in [5, 5.41) is 1.80. The van der Waals surface area contributed by atoms with Crippen molar-refractivity contribution in [1.29, 1.82) is 0 Å². The Kier molecular flexibility index (Phi) is 7.04. The topological polar surface area (TPSA) is 29.5 Å². The second-order valence-electron chi connectivity index (χ2n) is 7.96. The summed E-state index contributed by atoms with van der Waals surface area (Å²) in [6.45, 7) is 4.08. The van der Waals surface area contributed by atoms with Crippen LogP contribution in [0.15, 0.2) is 84.9 Å². The molecule has 1 aliphatic rings. The van der Waals surface area contributed by atoms with Gasteiger partial charge in [-0.05, 0) is 43.6 Å². The highest BCUT2D eigenvalue weighted by Gasteiger charge is 2.27. The number of hydrogen-bond acceptors (Lipinski definition) is 3. The molecular formula is C26H30NO2P. The van der Waals surface area contributed by atoms with Crippen LogP contribution < -0.4 is 15.3 Å². The van der Waals surface area contributed by atoms with Crippen LogP contribution >= 0.6 is 7.14 Å². The van der Waals surface area contributed by atoms with Crippen molar-refractivity contribution in [3.63, 3.8) is 0 Å². The van der Waals surface area contributed by atoms with Gasteiger partial charge in [0.15, 0.2) is 0 Å². The molecule has 0 radical (unpaired) electrons. The lowest BCUT2D eigenvalue weighted by molar-refractivity contribution is 0.183. The highest BCUT2D eigenvalue weighted by molar-refractivity contribution is 7.78. The number of hydrogen-bond donors (Lipinski definition) is 0. The summed E-state index contributed by atoms with van der Waals surface area (Å²) in [6.07, 6.45) is 4.47. The van der Waals surface area contributed by atoms with E-state index in [4.69, 9.17) is 4.74 Å². The lowest BCUT2D eigenvalue weighted by Crippen LogP contribution is -2.33. The molecule has 30 heavy (non-hydrogen) atoms. The van der Waals surface area contributed by atoms with Crippen molar-refractivity contribution in [3.05, 3.63) is 90.5 Å². The molecule has 3 nitrogen and oxygen atoms in total. The van der Waals surface area contributed by atoms with Crippen molar-refractivity contribution in [3.8, 4) is 5.75 Å². The second-order valence-corrected chi connectivity index (χ2v) is 10.8. The van der Waals surface area contributed by atoms with E-state index in [-0.39, 0.29) is 0 Å². The maximum absolute atomic E-state index is 14.2. The lowest BCUT2D eigenvalue weighted by atomic mass is 10.1. The zero-order valence-corrected chi connectivity index (χ0v) is 18.3. The molecule has 1 fully saturated rings. The Bertz CT molecular complexity index is 908. The average molecular weight is 420 g/mol. The Hall–Kier alpha value is -2.35. The van der Waals surface area contributed by atoms with Crippen LogP contribution in [0.5, 0.6) is 5.75 Å². The van der Waals surface area contributed by atoms with Crippen LogP contribution in [0.4, 0.5) is 0 Å². The molecule has 0 amide bonds. The van der Waals surface area contributed by atoms with E-state index in [1.807, 2.05) is 72.8 Å². The van der Waals surface area contributed by atoms with Crippen LogP contribution in [-0.4, -0.2) is 31.1 Å². The number of likely N-dealkylation sites (tertiary alicyclic amines) is 1. The minimum atomic E-state index is -2.75. The Morgan fingerprint density at radius 1 is 0.733 bits per heavy atom. The van der Waals surface area contributed by atoms with Crippen molar-refractivity contribution in [2.24, 2.45) is 0 Å². The summed E-state index contributed by atoms with van der Waals surface area (Å²) in [5.41, 5.74) is 1.06. The molecule has 0 aliphatic carbocycles. The molecule has 0 saturated carbocycles. The number of nitrogens with zero attached hydrogens (tertiary/aromatic N) is 1. The van der Waals surface area contributed by atoms with Crippen molar-refractivity contribution in [2.75, 3.05) is 26.2 Å². The third-order valence-electron chi connectivity index (χ3n) is 5.80. The first-order valence-corrected chi connectivity index (χ1v) is 12.8. The van der Waals surface area contributed by atoms with E-state index in [1.54, 1.807) is 0 Å². The van der Waals surface area contributed by atoms with E-state index >= 15 is 0 Å². The number of rotatable bonds is 8. The third-order valence-corrected chi connectivity index (χ3v) is 8.88. The predicted molar refractivity (Wildman–Crippen MR) is 126 cm³/mol. The van der Waals surface area contributed by atoms with Gasteiger partial charge < -0.3 is 9.30 Å². The van der Waals surface area contributed by atoms with Gasteiger partial charge in [-0.3, -0.25) is 4.90 Å². The molecule has 0 unspecified atom stereocenters. The minimum Gasteiger partial charge on any atom is -0.492 e. The number of piperidine rings is 1. The third kappa shape index (κ3) is 5.22. The molecule has 0 spiro atoms. The highest BCUT2D eigenvalue weighted by atomic mass is 31.2. The monoisotopic (exact) mass is 419 g/mol. The molecule has 3 aromatic rings. The standard InChI is InChI=1S/C26H30NO2P/c28-30(25-10-4-1-5-11-25,26-12-6-2-7-13-26)22-23-14-16-24(17-15-23)29-21-20-27-18-8-3-9-19-27/h1-2,4-7,10-17H,3,8-9,18-22H2. The predicted octanol–water partition coefficient (Wildman–Crippen LogP) is 5.07. The highest BCUT2D eigenvalue weighted by Crippen LogP contribution is 2.46. The number of ether oxygens (including phenoxy) is 1. The van der Waals surface area contributed by atoms with Gasteiger partial charge in [0.2, 0.25) is 0 Å². The molecule has 1 aliphatic heterocycles. The first kappa shape index (κ1) is 20.9. The minimum absolute atomic E-state index is 0.509. The van der Waals surface area contributed by atoms with E-state index in [0.29, 0.717) is 12.8 Å². The second kappa shape index (κ2) is 10.1. The zero-order chi connectivity index (χ0) is 20.7. The first-order valence-electron chi connectivity index (χ1n) is 10.9. The molecule has 0 atom stereocenters. The molecule has 3 aromatic carbocycles. The quantitative estimate of drug-likeness (QED) is 0.478. The summed E-state index contributed by atoms with van der Waals surface area (Å²) in [4.78, 5) is 2.48. The van der Waals surface area contributed by atoms with Crippen LogP contribution in [0.1, 0.15) is 24.8 Å². The summed E-state index contributed by atoms with van der Waals surface area (Å²) < 4.78 is 20.1. The van der Waals surface area contributed by atoms with Crippen LogP contribution in [0, 0.1) is 0 Å². The summed E-state index contributed by atoms with van der Waals surface area (Å²) in [7, 11) is -2.75. The first-order chi connectivity index (χ1) is 14.7. The average Bonchev–Trinajstić information content (AvgIpc) is 2.82. The van der Waals surface area contributed by atoms with E-state index in [9.17, 15) is 4.57 Å². The zero-order valence-electron chi connectivity index (χ0n) is 17.5. The van der Waals surface area contributed by atoms with E-state index in [1.165, 1.54) is 32.4 Å². The Labute approximate surface area is 180 Å². The Balaban J connectivity index is 1.44. The molecule has 4 rings (SSSR count). The van der Waals surface area contributed by atoms with Gasteiger partial charge in [-0.25, -0.2) is 0 Å². The van der Waals surface area contributed by atoms with Gasteiger partial charge >= 0.3 is 0 Å². The SMILES string of the molecule is O=P(Cc1ccc(OCCN2CCCCC2)cc1)(c1ccccc1)c1ccccc1. The molecular weight excluding hydrogens is 389 g/mol. The maximum atomic E-state index is 14.2. The van der Waals surface area contributed by atoms with Crippen LogP contribution in [-0.2, 0) is 10.7 Å². The van der Waals surface area contributed by atoms with Gasteiger partial charge in [0.05, 0.1) is 0 Å². The van der Waals surface area contributed by atoms with Crippen LogP contribution in [0.2, 0.25) is 0 Å². The Morgan fingerprint density at radius 3 is 1.87 bits per heavy atom. The van der Waals surface area contributed by atoms with E-state index in [2.05, 4.69) is 17.0 Å².